The summed E-state index contributed by atoms with van der Waals surface area (Å²) in [4.78, 5) is 2.75. The molecule has 0 aliphatic carbocycles. The summed E-state index contributed by atoms with van der Waals surface area (Å²) in [6.07, 6.45) is 1.16. The van der Waals surface area contributed by atoms with E-state index in [2.05, 4.69) is 10.2 Å². The van der Waals surface area contributed by atoms with Gasteiger partial charge in [-0.1, -0.05) is 0 Å². The zero-order chi connectivity index (χ0) is 16.3. The van der Waals surface area contributed by atoms with Crippen LogP contribution in [0.3, 0.4) is 0 Å². The van der Waals surface area contributed by atoms with E-state index in [-0.39, 0.29) is 0 Å². The molecule has 0 spiro atoms. The average Bonchev–Trinajstić information content (AvgIpc) is 3.10. The Morgan fingerprint density at radius 2 is 1.87 bits per heavy atom. The van der Waals surface area contributed by atoms with Crippen molar-refractivity contribution in [2.75, 3.05) is 45.9 Å². The second kappa shape index (κ2) is 7.17. The van der Waals surface area contributed by atoms with Gasteiger partial charge >= 0.3 is 0 Å². The summed E-state index contributed by atoms with van der Waals surface area (Å²) < 4.78 is 32.4. The van der Waals surface area contributed by atoms with Crippen LogP contribution in [-0.4, -0.2) is 69.5 Å². The van der Waals surface area contributed by atoms with E-state index < -0.39 is 10.0 Å². The second-order valence-corrected chi connectivity index (χ2v) is 7.93. The number of sulfonamides is 1. The fraction of sp³-hybridized carbons (Fsp3) is 0.625. The highest BCUT2D eigenvalue weighted by atomic mass is 32.2. The summed E-state index contributed by atoms with van der Waals surface area (Å²) in [7, 11) is -3.41. The number of rotatable bonds is 5. The van der Waals surface area contributed by atoms with Crippen LogP contribution in [0.2, 0.25) is 0 Å². The molecule has 2 fully saturated rings. The van der Waals surface area contributed by atoms with Gasteiger partial charge in [-0.05, 0) is 44.2 Å². The fourth-order valence-electron chi connectivity index (χ4n) is 3.28. The van der Waals surface area contributed by atoms with Gasteiger partial charge in [0.05, 0.1) is 11.5 Å². The molecule has 1 atom stereocenters. The Morgan fingerprint density at radius 1 is 1.17 bits per heavy atom. The third kappa shape index (κ3) is 3.68. The van der Waals surface area contributed by atoms with Gasteiger partial charge in [-0.25, -0.2) is 8.42 Å². The summed E-state index contributed by atoms with van der Waals surface area (Å²) in [5, 5.41) is 3.37. The first-order valence-corrected chi connectivity index (χ1v) is 9.73. The fourth-order valence-corrected chi connectivity index (χ4v) is 4.71. The molecule has 2 aliphatic heterocycles. The lowest BCUT2D eigenvalue weighted by Crippen LogP contribution is -2.52. The summed E-state index contributed by atoms with van der Waals surface area (Å²) >= 11 is 0. The number of ether oxygens (including phenoxy) is 1. The van der Waals surface area contributed by atoms with Gasteiger partial charge in [-0.15, -0.1) is 0 Å². The highest BCUT2D eigenvalue weighted by Gasteiger charge is 2.31. The predicted octanol–water partition coefficient (Wildman–Crippen LogP) is 0.754. The largest absolute Gasteiger partial charge is 0.494 e. The summed E-state index contributed by atoms with van der Waals surface area (Å²) in [5.74, 6) is 0.699. The summed E-state index contributed by atoms with van der Waals surface area (Å²) in [6.45, 7) is 7.30. The molecule has 128 valence electrons. The van der Waals surface area contributed by atoms with Gasteiger partial charge in [0, 0.05) is 38.8 Å². The number of nitrogens with one attached hydrogen (secondary N) is 1. The Kier molecular flexibility index (Phi) is 5.21. The van der Waals surface area contributed by atoms with Crippen LogP contribution in [0.1, 0.15) is 13.3 Å². The Hall–Kier alpha value is -1.15. The van der Waals surface area contributed by atoms with Crippen molar-refractivity contribution in [3.05, 3.63) is 24.3 Å². The van der Waals surface area contributed by atoms with E-state index in [1.807, 2.05) is 6.92 Å². The van der Waals surface area contributed by atoms with Gasteiger partial charge in [-0.3, -0.25) is 4.90 Å². The molecule has 3 rings (SSSR count). The van der Waals surface area contributed by atoms with Crippen LogP contribution in [0, 0.1) is 0 Å². The van der Waals surface area contributed by atoms with Crippen molar-refractivity contribution in [3.63, 3.8) is 0 Å². The zero-order valence-corrected chi connectivity index (χ0v) is 14.4. The third-order valence-electron chi connectivity index (χ3n) is 4.60. The van der Waals surface area contributed by atoms with Crippen LogP contribution in [0.5, 0.6) is 5.75 Å². The molecule has 0 bridgehead atoms. The molecule has 1 aromatic rings. The molecule has 2 aliphatic rings. The van der Waals surface area contributed by atoms with Gasteiger partial charge < -0.3 is 10.1 Å². The van der Waals surface area contributed by atoms with E-state index in [4.69, 9.17) is 4.74 Å². The van der Waals surface area contributed by atoms with Crippen molar-refractivity contribution in [1.29, 1.82) is 0 Å². The predicted molar refractivity (Wildman–Crippen MR) is 89.2 cm³/mol. The highest BCUT2D eigenvalue weighted by Crippen LogP contribution is 2.22. The standard InChI is InChI=1S/C16H25N3O3S/c1-2-22-15-3-5-16(6-4-15)23(20,21)19-11-9-18(10-12-19)14-7-8-17-13-14/h3-6,14,17H,2,7-13H2,1H3. The van der Waals surface area contributed by atoms with Crippen LogP contribution in [-0.2, 0) is 10.0 Å². The minimum absolute atomic E-state index is 0.344. The van der Waals surface area contributed by atoms with E-state index in [0.717, 1.165) is 32.6 Å². The molecule has 2 saturated heterocycles. The van der Waals surface area contributed by atoms with Crippen molar-refractivity contribution >= 4 is 10.0 Å². The maximum Gasteiger partial charge on any atom is 0.243 e. The van der Waals surface area contributed by atoms with Crippen molar-refractivity contribution in [3.8, 4) is 5.75 Å². The Balaban J connectivity index is 1.63. The van der Waals surface area contributed by atoms with E-state index >= 15 is 0 Å². The average molecular weight is 339 g/mol. The number of hydrogen-bond acceptors (Lipinski definition) is 5. The summed E-state index contributed by atoms with van der Waals surface area (Å²) in [6, 6.07) is 7.26. The first-order chi connectivity index (χ1) is 11.1. The molecule has 7 heteroatoms. The molecule has 2 heterocycles. The number of hydrogen-bond donors (Lipinski definition) is 1. The highest BCUT2D eigenvalue weighted by molar-refractivity contribution is 7.89. The molecule has 0 saturated carbocycles. The van der Waals surface area contributed by atoms with Gasteiger partial charge in [0.15, 0.2) is 0 Å². The van der Waals surface area contributed by atoms with Crippen molar-refractivity contribution < 1.29 is 13.2 Å². The van der Waals surface area contributed by atoms with Gasteiger partial charge in [0.2, 0.25) is 10.0 Å². The Labute approximate surface area is 138 Å². The van der Waals surface area contributed by atoms with Crippen LogP contribution in [0.4, 0.5) is 0 Å². The van der Waals surface area contributed by atoms with Crippen LogP contribution < -0.4 is 10.1 Å². The monoisotopic (exact) mass is 339 g/mol. The smallest absolute Gasteiger partial charge is 0.243 e. The van der Waals surface area contributed by atoms with Crippen LogP contribution in [0.15, 0.2) is 29.2 Å². The van der Waals surface area contributed by atoms with Crippen LogP contribution >= 0.6 is 0 Å². The molecule has 1 aromatic carbocycles. The molecule has 23 heavy (non-hydrogen) atoms. The maximum atomic E-state index is 12.7. The molecule has 1 N–H and O–H groups in total. The first kappa shape index (κ1) is 16.7. The summed E-state index contributed by atoms with van der Waals surface area (Å²) in [5.41, 5.74) is 0. The number of benzene rings is 1. The molecular weight excluding hydrogens is 314 g/mol. The molecular formula is C16H25N3O3S. The second-order valence-electron chi connectivity index (χ2n) is 5.99. The van der Waals surface area contributed by atoms with Gasteiger partial charge in [-0.2, -0.15) is 4.31 Å². The van der Waals surface area contributed by atoms with Gasteiger partial charge in [0.25, 0.3) is 0 Å². The maximum absolute atomic E-state index is 12.7. The SMILES string of the molecule is CCOc1ccc(S(=O)(=O)N2CCN(C3CCNC3)CC2)cc1. The lowest BCUT2D eigenvalue weighted by molar-refractivity contribution is 0.145. The normalized spacial score (nSPS) is 24.0. The Morgan fingerprint density at radius 3 is 2.43 bits per heavy atom. The molecule has 0 amide bonds. The number of nitrogens with zero attached hydrogens (tertiary/aromatic N) is 2. The Bertz CT molecular complexity index is 604. The third-order valence-corrected chi connectivity index (χ3v) is 6.51. The topological polar surface area (TPSA) is 61.9 Å². The van der Waals surface area contributed by atoms with Crippen molar-refractivity contribution in [2.45, 2.75) is 24.3 Å². The molecule has 0 radical (unpaired) electrons. The number of piperazine rings is 1. The van der Waals surface area contributed by atoms with E-state index in [0.29, 0.717) is 36.4 Å². The zero-order valence-electron chi connectivity index (χ0n) is 13.6. The van der Waals surface area contributed by atoms with Gasteiger partial charge in [0.1, 0.15) is 5.75 Å². The van der Waals surface area contributed by atoms with Crippen molar-refractivity contribution in [2.24, 2.45) is 0 Å². The quantitative estimate of drug-likeness (QED) is 0.858. The minimum Gasteiger partial charge on any atom is -0.494 e. The van der Waals surface area contributed by atoms with Crippen molar-refractivity contribution in [1.82, 2.24) is 14.5 Å². The lowest BCUT2D eigenvalue weighted by atomic mass is 10.2. The first-order valence-electron chi connectivity index (χ1n) is 8.29. The molecule has 0 aromatic heterocycles. The minimum atomic E-state index is -3.41. The lowest BCUT2D eigenvalue weighted by Gasteiger charge is -2.37. The molecule has 1 unspecified atom stereocenters. The van der Waals surface area contributed by atoms with E-state index in [1.165, 1.54) is 0 Å². The van der Waals surface area contributed by atoms with Crippen LogP contribution in [0.25, 0.3) is 0 Å². The molecule has 6 nitrogen and oxygen atoms in total. The van der Waals surface area contributed by atoms with E-state index in [9.17, 15) is 8.42 Å². The van der Waals surface area contributed by atoms with E-state index in [1.54, 1.807) is 28.6 Å².